The zero-order valence-corrected chi connectivity index (χ0v) is 19.0. The highest BCUT2D eigenvalue weighted by atomic mass is 79.9. The molecule has 3 aromatic rings. The Morgan fingerprint density at radius 1 is 0.935 bits per heavy atom. The molecule has 2 aromatic carbocycles. The molecule has 1 saturated heterocycles. The number of halogens is 1. The summed E-state index contributed by atoms with van der Waals surface area (Å²) in [7, 11) is 3.25. The molecular formula is C23H23BrN4O3. The number of ether oxygens (including phenoxy) is 2. The van der Waals surface area contributed by atoms with Crippen LogP contribution in [0.5, 0.6) is 11.5 Å². The molecule has 1 fully saturated rings. The van der Waals surface area contributed by atoms with E-state index in [4.69, 9.17) is 9.47 Å². The number of rotatable bonds is 5. The minimum atomic E-state index is 0.0404. The summed E-state index contributed by atoms with van der Waals surface area (Å²) in [4.78, 5) is 16.8. The van der Waals surface area contributed by atoms with Gasteiger partial charge in [0.15, 0.2) is 5.82 Å². The molecule has 1 amide bonds. The average molecular weight is 483 g/mol. The van der Waals surface area contributed by atoms with Crippen molar-refractivity contribution in [3.63, 3.8) is 0 Å². The van der Waals surface area contributed by atoms with Gasteiger partial charge in [-0.1, -0.05) is 12.1 Å². The topological polar surface area (TPSA) is 67.8 Å². The second-order valence-electron chi connectivity index (χ2n) is 7.10. The molecule has 0 spiro atoms. The lowest BCUT2D eigenvalue weighted by molar-refractivity contribution is 0.0745. The van der Waals surface area contributed by atoms with E-state index in [2.05, 4.69) is 31.0 Å². The van der Waals surface area contributed by atoms with E-state index < -0.39 is 0 Å². The van der Waals surface area contributed by atoms with Gasteiger partial charge in [0.1, 0.15) is 11.5 Å². The summed E-state index contributed by atoms with van der Waals surface area (Å²) < 4.78 is 11.6. The molecule has 1 aliphatic rings. The molecule has 31 heavy (non-hydrogen) atoms. The number of piperazine rings is 1. The molecule has 1 aromatic heterocycles. The molecule has 4 rings (SSSR count). The highest BCUT2D eigenvalue weighted by molar-refractivity contribution is 9.10. The number of benzene rings is 2. The summed E-state index contributed by atoms with van der Waals surface area (Å²) in [6.45, 7) is 2.67. The molecule has 2 heterocycles. The smallest absolute Gasteiger partial charge is 0.255 e. The normalized spacial score (nSPS) is 13.8. The van der Waals surface area contributed by atoms with Crippen LogP contribution in [0.3, 0.4) is 0 Å². The summed E-state index contributed by atoms with van der Waals surface area (Å²) in [6, 6.07) is 17.0. The lowest BCUT2D eigenvalue weighted by Gasteiger charge is -2.35. The molecule has 0 aliphatic carbocycles. The van der Waals surface area contributed by atoms with E-state index in [1.165, 1.54) is 0 Å². The van der Waals surface area contributed by atoms with Gasteiger partial charge < -0.3 is 19.3 Å². The summed E-state index contributed by atoms with van der Waals surface area (Å²) in [5, 5.41) is 8.83. The Balaban J connectivity index is 1.44. The number of hydrogen-bond donors (Lipinski definition) is 0. The summed E-state index contributed by atoms with van der Waals surface area (Å²) >= 11 is 3.46. The number of amides is 1. The number of carbonyl (C=O) groups is 1. The van der Waals surface area contributed by atoms with Crippen LogP contribution in [0, 0.1) is 0 Å². The molecule has 1 aliphatic heterocycles. The zero-order valence-electron chi connectivity index (χ0n) is 17.4. The molecule has 8 heteroatoms. The third kappa shape index (κ3) is 4.49. The quantitative estimate of drug-likeness (QED) is 0.549. The van der Waals surface area contributed by atoms with Gasteiger partial charge in [-0.2, -0.15) is 0 Å². The second kappa shape index (κ2) is 9.34. The Kier molecular flexibility index (Phi) is 6.36. The number of carbonyl (C=O) groups excluding carboxylic acids is 1. The highest BCUT2D eigenvalue weighted by Crippen LogP contribution is 2.32. The third-order valence-electron chi connectivity index (χ3n) is 5.33. The van der Waals surface area contributed by atoms with Crippen LogP contribution in [0.25, 0.3) is 11.3 Å². The average Bonchev–Trinajstić information content (AvgIpc) is 2.83. The van der Waals surface area contributed by atoms with Crippen molar-refractivity contribution in [3.05, 3.63) is 64.6 Å². The first-order valence-electron chi connectivity index (χ1n) is 9.95. The van der Waals surface area contributed by atoms with E-state index in [1.54, 1.807) is 14.2 Å². The standard InChI is InChI=1S/C23H23BrN4O3/c1-30-16-7-9-21(31-2)18(15-16)20-8-10-22(26-25-20)27-11-13-28(14-12-27)23(29)17-5-3-4-6-19(17)24/h3-10,15H,11-14H2,1-2H3. The lowest BCUT2D eigenvalue weighted by atomic mass is 10.1. The minimum Gasteiger partial charge on any atom is -0.497 e. The van der Waals surface area contributed by atoms with E-state index in [0.717, 1.165) is 21.6 Å². The monoisotopic (exact) mass is 482 g/mol. The third-order valence-corrected chi connectivity index (χ3v) is 6.02. The zero-order chi connectivity index (χ0) is 21.8. The Hall–Kier alpha value is -3.13. The van der Waals surface area contributed by atoms with Crippen molar-refractivity contribution in [2.24, 2.45) is 0 Å². The van der Waals surface area contributed by atoms with E-state index in [-0.39, 0.29) is 5.91 Å². The molecule has 0 saturated carbocycles. The van der Waals surface area contributed by atoms with Gasteiger partial charge >= 0.3 is 0 Å². The second-order valence-corrected chi connectivity index (χ2v) is 7.96. The summed E-state index contributed by atoms with van der Waals surface area (Å²) in [5.74, 6) is 2.27. The first-order valence-corrected chi connectivity index (χ1v) is 10.7. The summed E-state index contributed by atoms with van der Waals surface area (Å²) in [5.41, 5.74) is 2.22. The van der Waals surface area contributed by atoms with E-state index in [9.17, 15) is 4.79 Å². The molecule has 160 valence electrons. The number of methoxy groups -OCH3 is 2. The van der Waals surface area contributed by atoms with Crippen molar-refractivity contribution < 1.29 is 14.3 Å². The molecule has 0 N–H and O–H groups in total. The maximum Gasteiger partial charge on any atom is 0.255 e. The molecular weight excluding hydrogens is 460 g/mol. The number of nitrogens with zero attached hydrogens (tertiary/aromatic N) is 4. The molecule has 0 atom stereocenters. The van der Waals surface area contributed by atoms with Crippen LogP contribution in [0.4, 0.5) is 5.82 Å². The molecule has 0 bridgehead atoms. The summed E-state index contributed by atoms with van der Waals surface area (Å²) in [6.07, 6.45) is 0. The maximum atomic E-state index is 12.8. The van der Waals surface area contributed by atoms with Gasteiger partial charge in [0.2, 0.25) is 0 Å². The van der Waals surface area contributed by atoms with Gasteiger partial charge in [-0.3, -0.25) is 4.79 Å². The van der Waals surface area contributed by atoms with Crippen LogP contribution in [0.15, 0.2) is 59.1 Å². The first-order chi connectivity index (χ1) is 15.1. The maximum absolute atomic E-state index is 12.8. The Morgan fingerprint density at radius 2 is 1.71 bits per heavy atom. The fourth-order valence-corrected chi connectivity index (χ4v) is 4.05. The van der Waals surface area contributed by atoms with Crippen LogP contribution >= 0.6 is 15.9 Å². The van der Waals surface area contributed by atoms with Gasteiger partial charge in [-0.05, 0) is 58.4 Å². The van der Waals surface area contributed by atoms with E-state index in [1.807, 2.05) is 59.5 Å². The van der Waals surface area contributed by atoms with Gasteiger partial charge in [0.05, 0.1) is 25.5 Å². The van der Waals surface area contributed by atoms with Crippen LogP contribution in [-0.2, 0) is 0 Å². The molecule has 0 unspecified atom stereocenters. The van der Waals surface area contributed by atoms with Crippen molar-refractivity contribution in [2.45, 2.75) is 0 Å². The first kappa shape index (κ1) is 21.1. The van der Waals surface area contributed by atoms with Crippen LogP contribution in [0.1, 0.15) is 10.4 Å². The Morgan fingerprint density at radius 3 is 2.35 bits per heavy atom. The van der Waals surface area contributed by atoms with Crippen molar-refractivity contribution in [3.8, 4) is 22.8 Å². The van der Waals surface area contributed by atoms with Crippen LogP contribution in [0.2, 0.25) is 0 Å². The Labute approximate surface area is 189 Å². The largest absolute Gasteiger partial charge is 0.497 e. The van der Waals surface area contributed by atoms with Gasteiger partial charge in [0.25, 0.3) is 5.91 Å². The lowest BCUT2D eigenvalue weighted by Crippen LogP contribution is -2.49. The molecule has 0 radical (unpaired) electrons. The predicted octanol–water partition coefficient (Wildman–Crippen LogP) is 3.89. The number of aromatic nitrogens is 2. The number of anilines is 1. The van der Waals surface area contributed by atoms with Crippen molar-refractivity contribution in [1.82, 2.24) is 15.1 Å². The van der Waals surface area contributed by atoms with Gasteiger partial charge in [-0.25, -0.2) is 0 Å². The minimum absolute atomic E-state index is 0.0404. The SMILES string of the molecule is COc1ccc(OC)c(-c2ccc(N3CCN(C(=O)c4ccccc4Br)CC3)nn2)c1. The molecule has 7 nitrogen and oxygen atoms in total. The fourth-order valence-electron chi connectivity index (χ4n) is 3.60. The van der Waals surface area contributed by atoms with E-state index >= 15 is 0 Å². The van der Waals surface area contributed by atoms with Crippen LogP contribution < -0.4 is 14.4 Å². The fraction of sp³-hybridized carbons (Fsp3) is 0.261. The highest BCUT2D eigenvalue weighted by Gasteiger charge is 2.24. The Bertz CT molecular complexity index is 1070. The van der Waals surface area contributed by atoms with E-state index in [0.29, 0.717) is 43.2 Å². The van der Waals surface area contributed by atoms with Crippen LogP contribution in [-0.4, -0.2) is 61.4 Å². The van der Waals surface area contributed by atoms with Gasteiger partial charge in [-0.15, -0.1) is 10.2 Å². The van der Waals surface area contributed by atoms with Crippen molar-refractivity contribution in [2.75, 3.05) is 45.3 Å². The predicted molar refractivity (Wildman–Crippen MR) is 123 cm³/mol. The van der Waals surface area contributed by atoms with Crippen molar-refractivity contribution >= 4 is 27.7 Å². The number of hydrogen-bond acceptors (Lipinski definition) is 6. The van der Waals surface area contributed by atoms with Gasteiger partial charge in [0, 0.05) is 36.2 Å². The van der Waals surface area contributed by atoms with Crippen molar-refractivity contribution in [1.29, 1.82) is 0 Å².